The first kappa shape index (κ1) is 23.5. The minimum atomic E-state index is -1.32. The molecule has 5 heterocycles. The van der Waals surface area contributed by atoms with Gasteiger partial charge in [0.15, 0.2) is 11.5 Å². The summed E-state index contributed by atoms with van der Waals surface area (Å²) in [7, 11) is 0. The second kappa shape index (κ2) is 8.72. The topological polar surface area (TPSA) is 151 Å². The highest BCUT2D eigenvalue weighted by molar-refractivity contribution is 6.17. The van der Waals surface area contributed by atoms with E-state index in [-0.39, 0.29) is 36.7 Å². The maximum absolute atomic E-state index is 14.4. The Labute approximate surface area is 223 Å². The van der Waals surface area contributed by atoms with E-state index in [1.165, 1.54) is 28.7 Å². The Morgan fingerprint density at radius 2 is 1.95 bits per heavy atom. The molecule has 1 saturated carbocycles. The zero-order valence-corrected chi connectivity index (χ0v) is 21.4. The van der Waals surface area contributed by atoms with Crippen LogP contribution in [0.4, 0.5) is 11.5 Å². The number of aromatic nitrogens is 6. The molecular weight excluding hydrogens is 498 g/mol. The van der Waals surface area contributed by atoms with Gasteiger partial charge in [0.05, 0.1) is 12.0 Å². The number of aromatic amines is 1. The summed E-state index contributed by atoms with van der Waals surface area (Å²) in [5.41, 5.74) is 2.18. The Morgan fingerprint density at radius 1 is 1.13 bits per heavy atom. The summed E-state index contributed by atoms with van der Waals surface area (Å²) in [5, 5.41) is 10.8. The Balaban J connectivity index is 1.34. The van der Waals surface area contributed by atoms with Crippen LogP contribution < -0.4 is 15.5 Å². The molecule has 198 valence electrons. The van der Waals surface area contributed by atoms with Crippen molar-refractivity contribution < 1.29 is 14.4 Å². The average Bonchev–Trinajstić information content (AvgIpc) is 3.61. The van der Waals surface area contributed by atoms with Gasteiger partial charge in [-0.2, -0.15) is 9.78 Å². The van der Waals surface area contributed by atoms with Crippen molar-refractivity contribution >= 4 is 40.4 Å². The van der Waals surface area contributed by atoms with Gasteiger partial charge in [-0.15, -0.1) is 0 Å². The van der Waals surface area contributed by atoms with Crippen LogP contribution in [0, 0.1) is 6.92 Å². The number of amides is 3. The van der Waals surface area contributed by atoms with E-state index in [1.54, 1.807) is 0 Å². The third-order valence-corrected chi connectivity index (χ3v) is 8.11. The van der Waals surface area contributed by atoms with E-state index < -0.39 is 5.41 Å². The first-order valence-corrected chi connectivity index (χ1v) is 13.2. The van der Waals surface area contributed by atoms with Crippen molar-refractivity contribution in [3.05, 3.63) is 53.7 Å². The van der Waals surface area contributed by atoms with Gasteiger partial charge >= 0.3 is 0 Å². The number of carbonyl (C=O) groups excluding carboxylic acids is 3. The van der Waals surface area contributed by atoms with Crippen LogP contribution in [-0.2, 0) is 19.8 Å². The molecule has 12 heteroatoms. The number of rotatable bonds is 4. The van der Waals surface area contributed by atoms with E-state index in [4.69, 9.17) is 5.10 Å². The second-order valence-corrected chi connectivity index (χ2v) is 10.5. The quantitative estimate of drug-likeness (QED) is 0.370. The number of hydrogen-bond donors (Lipinski definition) is 3. The van der Waals surface area contributed by atoms with Gasteiger partial charge in [0, 0.05) is 23.7 Å². The van der Waals surface area contributed by atoms with E-state index in [2.05, 4.69) is 30.6 Å². The monoisotopic (exact) mass is 525 g/mol. The maximum atomic E-state index is 14.4. The molecule has 3 aliphatic rings. The lowest BCUT2D eigenvalue weighted by molar-refractivity contribution is -0.128. The lowest BCUT2D eigenvalue weighted by atomic mass is 9.70. The fourth-order valence-corrected chi connectivity index (χ4v) is 6.48. The van der Waals surface area contributed by atoms with Crippen LogP contribution in [0.5, 0.6) is 0 Å². The number of imidazole rings is 1. The summed E-state index contributed by atoms with van der Waals surface area (Å²) in [6, 6.07) is 7.52. The Morgan fingerprint density at radius 3 is 2.79 bits per heavy atom. The van der Waals surface area contributed by atoms with Crippen molar-refractivity contribution in [1.82, 2.24) is 35.0 Å². The number of carbonyl (C=O) groups is 3. The molecule has 39 heavy (non-hydrogen) atoms. The van der Waals surface area contributed by atoms with Crippen LogP contribution >= 0.6 is 0 Å². The lowest BCUT2D eigenvalue weighted by Crippen LogP contribution is -2.50. The average molecular weight is 526 g/mol. The largest absolute Gasteiger partial charge is 0.352 e. The molecule has 1 atom stereocenters. The van der Waals surface area contributed by atoms with Gasteiger partial charge < -0.3 is 20.5 Å². The maximum Gasteiger partial charge on any atom is 0.243 e. The number of nitrogens with zero attached hydrogens (tertiary/aromatic N) is 6. The van der Waals surface area contributed by atoms with Crippen LogP contribution in [-0.4, -0.2) is 60.0 Å². The molecule has 12 nitrogen and oxygen atoms in total. The molecule has 1 spiro atoms. The number of aryl methyl sites for hydroxylation is 1. The zero-order valence-electron chi connectivity index (χ0n) is 21.4. The van der Waals surface area contributed by atoms with E-state index >= 15 is 0 Å². The van der Waals surface area contributed by atoms with E-state index in [0.29, 0.717) is 45.3 Å². The summed E-state index contributed by atoms with van der Waals surface area (Å²) in [4.78, 5) is 58.2. The van der Waals surface area contributed by atoms with Crippen molar-refractivity contribution in [2.45, 2.75) is 56.9 Å². The first-order valence-electron chi connectivity index (χ1n) is 13.2. The number of nitrogens with one attached hydrogen (secondary N) is 3. The SMILES string of the molecule is Cc1nn(-c2ncnc3nc[nH]c23)c2c1C1(CC(=O)N2)C(=O)N(CC(=O)NC2CCCCC2)c2ccccc21. The van der Waals surface area contributed by atoms with E-state index in [0.717, 1.165) is 25.7 Å². The van der Waals surface area contributed by atoms with Gasteiger partial charge in [0.1, 0.15) is 29.6 Å². The standard InChI is InChI=1S/C27H27N9O3/c1-15-21-24(36(34-15)25-22-23(29-13-28-22)30-14-31-25)33-19(37)11-27(21)17-9-5-6-10-18(17)35(26(27)39)12-20(38)32-16-7-3-2-4-8-16/h5-6,9-10,13-14,16H,2-4,7-8,11-12H2,1H3,(H,32,38)(H,33,37)(H,28,29,30,31). The van der Waals surface area contributed by atoms with Crippen LogP contribution in [0.3, 0.4) is 0 Å². The van der Waals surface area contributed by atoms with Gasteiger partial charge in [-0.1, -0.05) is 37.5 Å². The van der Waals surface area contributed by atoms with Gasteiger partial charge in [-0.3, -0.25) is 14.4 Å². The predicted octanol–water partition coefficient (Wildman–Crippen LogP) is 2.27. The summed E-state index contributed by atoms with van der Waals surface area (Å²) < 4.78 is 1.53. The fraction of sp³-hybridized carbons (Fsp3) is 0.370. The molecule has 7 rings (SSSR count). The lowest BCUT2D eigenvalue weighted by Gasteiger charge is -2.33. The van der Waals surface area contributed by atoms with Gasteiger partial charge in [0.25, 0.3) is 0 Å². The summed E-state index contributed by atoms with van der Waals surface area (Å²) in [6.45, 7) is 1.70. The van der Waals surface area contributed by atoms with Crippen molar-refractivity contribution in [1.29, 1.82) is 0 Å². The highest BCUT2D eigenvalue weighted by Crippen LogP contribution is 2.53. The number of hydrogen-bond acceptors (Lipinski definition) is 7. The van der Waals surface area contributed by atoms with Crippen LogP contribution in [0.2, 0.25) is 0 Å². The molecule has 1 aromatic carbocycles. The molecular formula is C27H27N9O3. The summed E-state index contributed by atoms with van der Waals surface area (Å²) >= 11 is 0. The molecule has 2 aliphatic heterocycles. The van der Waals surface area contributed by atoms with Crippen LogP contribution in [0.15, 0.2) is 36.9 Å². The number of benzene rings is 1. The minimum absolute atomic E-state index is 0.0909. The number of anilines is 2. The van der Waals surface area contributed by atoms with Crippen molar-refractivity contribution in [2.75, 3.05) is 16.8 Å². The second-order valence-electron chi connectivity index (χ2n) is 10.5. The smallest absolute Gasteiger partial charge is 0.243 e. The number of para-hydroxylation sites is 1. The third-order valence-electron chi connectivity index (χ3n) is 8.11. The van der Waals surface area contributed by atoms with Crippen LogP contribution in [0.25, 0.3) is 17.0 Å². The number of H-pyrrole nitrogens is 1. The molecule has 0 saturated heterocycles. The molecule has 1 unspecified atom stereocenters. The van der Waals surface area contributed by atoms with Gasteiger partial charge in [0.2, 0.25) is 17.7 Å². The highest BCUT2D eigenvalue weighted by atomic mass is 16.2. The Hall–Kier alpha value is -4.61. The van der Waals surface area contributed by atoms with Crippen molar-refractivity contribution in [2.24, 2.45) is 0 Å². The molecule has 3 amide bonds. The normalized spacial score (nSPS) is 20.8. The Bertz CT molecular complexity index is 1650. The molecule has 1 aliphatic carbocycles. The van der Waals surface area contributed by atoms with E-state index in [1.807, 2.05) is 31.2 Å². The zero-order chi connectivity index (χ0) is 26.7. The third kappa shape index (κ3) is 3.47. The molecule has 0 bridgehead atoms. The van der Waals surface area contributed by atoms with Crippen LogP contribution in [0.1, 0.15) is 55.3 Å². The fourth-order valence-electron chi connectivity index (χ4n) is 6.48. The summed E-state index contributed by atoms with van der Waals surface area (Å²) in [6.07, 6.45) is 8.08. The molecule has 4 aromatic rings. The first-order chi connectivity index (χ1) is 19.0. The molecule has 3 N–H and O–H groups in total. The van der Waals surface area contributed by atoms with Gasteiger partial charge in [-0.05, 0) is 31.4 Å². The highest BCUT2D eigenvalue weighted by Gasteiger charge is 2.58. The van der Waals surface area contributed by atoms with Crippen molar-refractivity contribution in [3.63, 3.8) is 0 Å². The number of fused-ring (bicyclic) bond motifs is 5. The summed E-state index contributed by atoms with van der Waals surface area (Å²) in [5.74, 6) is -0.0554. The van der Waals surface area contributed by atoms with Crippen molar-refractivity contribution in [3.8, 4) is 5.82 Å². The Kier molecular flexibility index (Phi) is 5.25. The van der Waals surface area contributed by atoms with Gasteiger partial charge in [-0.25, -0.2) is 15.0 Å². The molecule has 0 radical (unpaired) electrons. The molecule has 1 fully saturated rings. The molecule has 3 aromatic heterocycles. The minimum Gasteiger partial charge on any atom is -0.352 e. The van der Waals surface area contributed by atoms with E-state index in [9.17, 15) is 14.4 Å². The predicted molar refractivity (Wildman–Crippen MR) is 141 cm³/mol.